The van der Waals surface area contributed by atoms with Crippen molar-refractivity contribution in [1.82, 2.24) is 9.80 Å². The van der Waals surface area contributed by atoms with Gasteiger partial charge in [-0.25, -0.2) is 0 Å². The molecular weight excluding hydrogens is 524 g/mol. The van der Waals surface area contributed by atoms with Crippen LogP contribution in [0.4, 0.5) is 0 Å². The summed E-state index contributed by atoms with van der Waals surface area (Å²) in [6, 6.07) is -1.30. The van der Waals surface area contributed by atoms with E-state index in [1.807, 2.05) is 25.7 Å². The lowest BCUT2D eigenvalue weighted by Gasteiger charge is -2.47. The Bertz CT molecular complexity index is 1010. The van der Waals surface area contributed by atoms with Gasteiger partial charge in [-0.15, -0.1) is 24.9 Å². The fraction of sp³-hybridized carbons (Fsp3) is 0.781. The first-order valence-electron chi connectivity index (χ1n) is 14.9. The first kappa shape index (κ1) is 32.7. The normalized spacial score (nSPS) is 31.1. The van der Waals surface area contributed by atoms with Gasteiger partial charge in [-0.1, -0.05) is 53.2 Å². The predicted octanol–water partition coefficient (Wildman–Crippen LogP) is 5.22. The zero-order valence-electron chi connectivity index (χ0n) is 26.0. The standard InChI is InChI=1S/C32H52N2O5S/c1-11-14-18-39-28(38)24-23-26(36)34(22(19-35)21(4)13-3)25(32(23)16-15-31(24,10)40-32)27(37)33(17-12-2)30(8,9)20-29(5,6)7/h11-12,21-25,35H,1-2,13-20H2,3-10H3/t21-,22-,23-,24+,25?,31-,32?/m0/s1. The Kier molecular flexibility index (Phi) is 9.67. The van der Waals surface area contributed by atoms with Crippen molar-refractivity contribution in [3.8, 4) is 0 Å². The largest absolute Gasteiger partial charge is 0.465 e. The Morgan fingerprint density at radius 2 is 1.88 bits per heavy atom. The molecule has 3 aliphatic rings. The van der Waals surface area contributed by atoms with E-state index in [-0.39, 0.29) is 42.3 Å². The molecule has 1 spiro atoms. The monoisotopic (exact) mass is 576 g/mol. The van der Waals surface area contributed by atoms with Gasteiger partial charge in [0, 0.05) is 16.8 Å². The van der Waals surface area contributed by atoms with Crippen molar-refractivity contribution in [2.75, 3.05) is 19.8 Å². The number of hydrogen-bond donors (Lipinski definition) is 1. The molecule has 8 heteroatoms. The molecule has 3 heterocycles. The van der Waals surface area contributed by atoms with Gasteiger partial charge in [0.05, 0.1) is 35.8 Å². The third kappa shape index (κ3) is 5.64. The van der Waals surface area contributed by atoms with Gasteiger partial charge in [0.15, 0.2) is 0 Å². The number of esters is 1. The summed E-state index contributed by atoms with van der Waals surface area (Å²) in [4.78, 5) is 46.6. The number of likely N-dealkylation sites (tertiary alicyclic amines) is 1. The van der Waals surface area contributed by atoms with Gasteiger partial charge in [-0.05, 0) is 57.8 Å². The van der Waals surface area contributed by atoms with E-state index in [4.69, 9.17) is 4.74 Å². The van der Waals surface area contributed by atoms with Gasteiger partial charge in [0.2, 0.25) is 11.8 Å². The lowest BCUT2D eigenvalue weighted by molar-refractivity contribution is -0.156. The van der Waals surface area contributed by atoms with Crippen molar-refractivity contribution in [3.63, 3.8) is 0 Å². The third-order valence-electron chi connectivity index (χ3n) is 9.39. The molecule has 3 aliphatic heterocycles. The summed E-state index contributed by atoms with van der Waals surface area (Å²) in [5.74, 6) is -2.03. The van der Waals surface area contributed by atoms with E-state index in [1.165, 1.54) is 0 Å². The van der Waals surface area contributed by atoms with Crippen LogP contribution in [0.15, 0.2) is 25.3 Å². The molecule has 0 radical (unpaired) electrons. The molecule has 1 N–H and O–H groups in total. The number of nitrogens with zero attached hydrogens (tertiary/aromatic N) is 2. The predicted molar refractivity (Wildman–Crippen MR) is 162 cm³/mol. The van der Waals surface area contributed by atoms with E-state index < -0.39 is 39.0 Å². The summed E-state index contributed by atoms with van der Waals surface area (Å²) in [5.41, 5.74) is -0.542. The average Bonchev–Trinajstić information content (AvgIpc) is 3.42. The van der Waals surface area contributed by atoms with Crippen LogP contribution in [0, 0.1) is 23.2 Å². The summed E-state index contributed by atoms with van der Waals surface area (Å²) >= 11 is 1.64. The highest BCUT2D eigenvalue weighted by atomic mass is 32.2. The number of amides is 2. The van der Waals surface area contributed by atoms with Gasteiger partial charge in [0.25, 0.3) is 0 Å². The number of rotatable bonds is 13. The molecule has 0 aromatic heterocycles. The van der Waals surface area contributed by atoms with Crippen molar-refractivity contribution in [2.24, 2.45) is 23.2 Å². The minimum atomic E-state index is -0.784. The van der Waals surface area contributed by atoms with Gasteiger partial charge in [0.1, 0.15) is 6.04 Å². The van der Waals surface area contributed by atoms with E-state index in [9.17, 15) is 19.5 Å². The van der Waals surface area contributed by atoms with Crippen molar-refractivity contribution >= 4 is 29.5 Å². The Morgan fingerprint density at radius 3 is 2.40 bits per heavy atom. The molecule has 2 amide bonds. The second-order valence-corrected chi connectivity index (χ2v) is 16.0. The first-order valence-corrected chi connectivity index (χ1v) is 15.7. The second-order valence-electron chi connectivity index (χ2n) is 14.1. The molecule has 7 atom stereocenters. The van der Waals surface area contributed by atoms with Crippen LogP contribution >= 0.6 is 11.8 Å². The van der Waals surface area contributed by atoms with Crippen LogP contribution in [0.2, 0.25) is 0 Å². The highest BCUT2D eigenvalue weighted by Crippen LogP contribution is 2.72. The smallest absolute Gasteiger partial charge is 0.311 e. The number of fused-ring (bicyclic) bond motifs is 1. The number of aliphatic hydroxyl groups excluding tert-OH is 1. The molecule has 0 aromatic rings. The molecular formula is C32H52N2O5S. The topological polar surface area (TPSA) is 87.1 Å². The molecule has 0 aliphatic carbocycles. The van der Waals surface area contributed by atoms with Crippen molar-refractivity contribution in [1.29, 1.82) is 0 Å². The molecule has 226 valence electrons. The molecule has 3 rings (SSSR count). The van der Waals surface area contributed by atoms with Gasteiger partial charge >= 0.3 is 5.97 Å². The summed E-state index contributed by atoms with van der Waals surface area (Å²) in [7, 11) is 0. The lowest BCUT2D eigenvalue weighted by atomic mass is 9.66. The quantitative estimate of drug-likeness (QED) is 0.184. The summed E-state index contributed by atoms with van der Waals surface area (Å²) in [6.45, 7) is 24.7. The van der Waals surface area contributed by atoms with Crippen LogP contribution in [0.5, 0.6) is 0 Å². The van der Waals surface area contributed by atoms with E-state index >= 15 is 0 Å². The maximum atomic E-state index is 14.9. The Labute approximate surface area is 246 Å². The fourth-order valence-electron chi connectivity index (χ4n) is 7.81. The van der Waals surface area contributed by atoms with Crippen LogP contribution in [0.25, 0.3) is 0 Å². The molecule has 2 unspecified atom stereocenters. The van der Waals surface area contributed by atoms with Crippen molar-refractivity contribution < 1.29 is 24.2 Å². The van der Waals surface area contributed by atoms with E-state index in [2.05, 4.69) is 47.8 Å². The second kappa shape index (κ2) is 11.8. The molecule has 40 heavy (non-hydrogen) atoms. The van der Waals surface area contributed by atoms with E-state index in [1.54, 1.807) is 28.8 Å². The number of ether oxygens (including phenoxy) is 1. The fourth-order valence-corrected chi connectivity index (χ4v) is 10.1. The van der Waals surface area contributed by atoms with Crippen LogP contribution in [-0.2, 0) is 19.1 Å². The molecule has 7 nitrogen and oxygen atoms in total. The summed E-state index contributed by atoms with van der Waals surface area (Å²) < 4.78 is 4.41. The minimum absolute atomic E-state index is 0.0225. The van der Waals surface area contributed by atoms with Gasteiger partial charge in [-0.3, -0.25) is 14.4 Å². The third-order valence-corrected chi connectivity index (χ3v) is 11.4. The SMILES string of the molecule is C=CCCOC(=O)[C@H]1[C@H]2C(=O)N([C@@H](CO)[C@@H](C)CC)C(C(=O)N(CC=C)C(C)(C)CC(C)(C)C)C23CC[C@]1(C)S3. The number of carbonyl (C=O) groups excluding carboxylic acids is 3. The molecule has 0 aromatic carbocycles. The average molecular weight is 577 g/mol. The number of aliphatic hydroxyl groups is 1. The van der Waals surface area contributed by atoms with E-state index in [0.29, 0.717) is 19.4 Å². The minimum Gasteiger partial charge on any atom is -0.465 e. The molecule has 3 saturated heterocycles. The zero-order valence-corrected chi connectivity index (χ0v) is 26.8. The zero-order chi connectivity index (χ0) is 30.3. The van der Waals surface area contributed by atoms with Crippen molar-refractivity contribution in [2.45, 2.75) is 115 Å². The molecule has 0 saturated carbocycles. The van der Waals surface area contributed by atoms with Crippen LogP contribution in [0.3, 0.4) is 0 Å². The highest BCUT2D eigenvalue weighted by Gasteiger charge is 2.78. The molecule has 3 fully saturated rings. The number of thioether (sulfide) groups is 1. The Balaban J connectivity index is 2.17. The van der Waals surface area contributed by atoms with Crippen LogP contribution < -0.4 is 0 Å². The van der Waals surface area contributed by atoms with Crippen molar-refractivity contribution in [3.05, 3.63) is 25.3 Å². The van der Waals surface area contributed by atoms with Gasteiger partial charge < -0.3 is 19.6 Å². The van der Waals surface area contributed by atoms with Crippen LogP contribution in [-0.4, -0.2) is 79.6 Å². The van der Waals surface area contributed by atoms with E-state index in [0.717, 1.165) is 19.3 Å². The highest BCUT2D eigenvalue weighted by molar-refractivity contribution is 8.02. The molecule has 2 bridgehead atoms. The summed E-state index contributed by atoms with van der Waals surface area (Å²) in [6.07, 6.45) is 6.88. The number of carbonyl (C=O) groups is 3. The lowest BCUT2D eigenvalue weighted by Crippen LogP contribution is -2.62. The first-order chi connectivity index (χ1) is 18.5. The maximum absolute atomic E-state index is 14.9. The Hall–Kier alpha value is -1.80. The Morgan fingerprint density at radius 1 is 1.23 bits per heavy atom. The van der Waals surface area contributed by atoms with Gasteiger partial charge in [-0.2, -0.15) is 0 Å². The van der Waals surface area contributed by atoms with Crippen LogP contribution in [0.1, 0.15) is 87.5 Å². The number of hydrogen-bond acceptors (Lipinski definition) is 6. The maximum Gasteiger partial charge on any atom is 0.311 e. The summed E-state index contributed by atoms with van der Waals surface area (Å²) in [5, 5.41) is 10.6.